The van der Waals surface area contributed by atoms with Crippen LogP contribution in [0.4, 0.5) is 0 Å². The Hall–Kier alpha value is -3.00. The van der Waals surface area contributed by atoms with E-state index in [0.29, 0.717) is 10.6 Å². The molecule has 0 unspecified atom stereocenters. The summed E-state index contributed by atoms with van der Waals surface area (Å²) in [6.07, 6.45) is 1.52. The van der Waals surface area contributed by atoms with Crippen molar-refractivity contribution < 1.29 is 13.2 Å². The highest BCUT2D eigenvalue weighted by molar-refractivity contribution is 7.89. The number of sulfonamides is 1. The summed E-state index contributed by atoms with van der Waals surface area (Å²) in [4.78, 5) is 12.7. The first-order valence-corrected chi connectivity index (χ1v) is 11.8. The third kappa shape index (κ3) is 6.50. The smallest absolute Gasteiger partial charge is 0.255 e. The first-order chi connectivity index (χ1) is 15.2. The third-order valence-electron chi connectivity index (χ3n) is 4.70. The molecule has 0 saturated heterocycles. The van der Waals surface area contributed by atoms with Crippen LogP contribution in [0.2, 0.25) is 5.02 Å². The number of aryl methyl sites for hydroxylation is 2. The van der Waals surface area contributed by atoms with Crippen molar-refractivity contribution in [1.82, 2.24) is 9.73 Å². The van der Waals surface area contributed by atoms with Crippen LogP contribution in [0.5, 0.6) is 0 Å². The molecular weight excluding hydrogens is 446 g/mol. The summed E-state index contributed by atoms with van der Waals surface area (Å²) in [6, 6.07) is 21.0. The number of hydrogen-bond donors (Lipinski definition) is 1. The molecule has 166 valence electrons. The SMILES string of the molecule is Cc1ccc(S(=O)(=O)N(CC(=O)N/N=C\c2cccc(C)c2)Cc2ccc(Cl)cc2)cc1. The molecule has 0 spiro atoms. The Kier molecular flexibility index (Phi) is 7.80. The molecular formula is C24H24ClN3O3S. The Morgan fingerprint density at radius 1 is 1.00 bits per heavy atom. The van der Waals surface area contributed by atoms with Crippen LogP contribution in [-0.2, 0) is 21.4 Å². The highest BCUT2D eigenvalue weighted by Gasteiger charge is 2.27. The first kappa shape index (κ1) is 23.7. The van der Waals surface area contributed by atoms with Crippen molar-refractivity contribution in [2.45, 2.75) is 25.3 Å². The Morgan fingerprint density at radius 2 is 1.69 bits per heavy atom. The lowest BCUT2D eigenvalue weighted by atomic mass is 10.2. The molecule has 1 amide bonds. The van der Waals surface area contributed by atoms with Gasteiger partial charge >= 0.3 is 0 Å². The molecule has 0 radical (unpaired) electrons. The summed E-state index contributed by atoms with van der Waals surface area (Å²) in [7, 11) is -3.92. The van der Waals surface area contributed by atoms with E-state index in [0.717, 1.165) is 21.0 Å². The van der Waals surface area contributed by atoms with E-state index in [9.17, 15) is 13.2 Å². The number of carbonyl (C=O) groups is 1. The molecule has 3 rings (SSSR count). The molecule has 32 heavy (non-hydrogen) atoms. The van der Waals surface area contributed by atoms with Crippen molar-refractivity contribution in [3.63, 3.8) is 0 Å². The van der Waals surface area contributed by atoms with Gasteiger partial charge in [-0.15, -0.1) is 0 Å². The minimum absolute atomic E-state index is 0.0163. The van der Waals surface area contributed by atoms with Crippen molar-refractivity contribution in [3.05, 3.63) is 100 Å². The molecule has 0 aliphatic rings. The van der Waals surface area contributed by atoms with Crippen molar-refractivity contribution in [3.8, 4) is 0 Å². The Labute approximate surface area is 193 Å². The van der Waals surface area contributed by atoms with Crippen LogP contribution in [0.15, 0.2) is 82.8 Å². The number of nitrogens with one attached hydrogen (secondary N) is 1. The van der Waals surface area contributed by atoms with Crippen molar-refractivity contribution in [2.24, 2.45) is 5.10 Å². The maximum absolute atomic E-state index is 13.3. The van der Waals surface area contributed by atoms with E-state index in [1.807, 2.05) is 38.1 Å². The lowest BCUT2D eigenvalue weighted by Crippen LogP contribution is -2.39. The summed E-state index contributed by atoms with van der Waals surface area (Å²) >= 11 is 5.94. The van der Waals surface area contributed by atoms with Gasteiger partial charge in [0.05, 0.1) is 17.7 Å². The molecule has 3 aromatic rings. The zero-order valence-corrected chi connectivity index (χ0v) is 19.4. The monoisotopic (exact) mass is 469 g/mol. The quantitative estimate of drug-likeness (QED) is 0.394. The maximum atomic E-state index is 13.3. The van der Waals surface area contributed by atoms with Gasteiger partial charge in [0, 0.05) is 11.6 Å². The van der Waals surface area contributed by atoms with Crippen molar-refractivity contribution >= 4 is 33.7 Å². The average Bonchev–Trinajstić information content (AvgIpc) is 2.75. The number of amides is 1. The van der Waals surface area contributed by atoms with E-state index in [1.165, 1.54) is 18.3 Å². The van der Waals surface area contributed by atoms with E-state index in [-0.39, 0.29) is 18.0 Å². The predicted octanol–water partition coefficient (Wildman–Crippen LogP) is 4.30. The number of carbonyl (C=O) groups excluding carboxylic acids is 1. The molecule has 1 N–H and O–H groups in total. The number of hydrazone groups is 1. The molecule has 3 aromatic carbocycles. The average molecular weight is 470 g/mol. The molecule has 0 fully saturated rings. The standard InChI is InChI=1S/C24H24ClN3O3S/c1-18-6-12-23(13-7-18)32(30,31)28(16-20-8-10-22(25)11-9-20)17-24(29)27-26-15-21-5-3-4-19(2)14-21/h3-15H,16-17H2,1-2H3,(H,27,29)/b26-15-. The molecule has 0 saturated carbocycles. The van der Waals surface area contributed by atoms with Gasteiger partial charge in [0.25, 0.3) is 5.91 Å². The third-order valence-corrected chi connectivity index (χ3v) is 6.75. The highest BCUT2D eigenvalue weighted by atomic mass is 35.5. The zero-order chi connectivity index (χ0) is 23.1. The largest absolute Gasteiger partial charge is 0.272 e. The van der Waals surface area contributed by atoms with Gasteiger partial charge in [0.2, 0.25) is 10.0 Å². The van der Waals surface area contributed by atoms with Crippen LogP contribution in [0.1, 0.15) is 22.3 Å². The second kappa shape index (κ2) is 10.5. The van der Waals surface area contributed by atoms with E-state index >= 15 is 0 Å². The number of rotatable bonds is 8. The molecule has 6 nitrogen and oxygen atoms in total. The number of halogens is 1. The number of hydrogen-bond acceptors (Lipinski definition) is 4. The summed E-state index contributed by atoms with van der Waals surface area (Å²) in [5.41, 5.74) is 5.96. The second-order valence-electron chi connectivity index (χ2n) is 7.42. The number of benzene rings is 3. The number of nitrogens with zero attached hydrogens (tertiary/aromatic N) is 2. The van der Waals surface area contributed by atoms with Crippen LogP contribution in [0.25, 0.3) is 0 Å². The van der Waals surface area contributed by atoms with Gasteiger partial charge in [0.15, 0.2) is 0 Å². The summed E-state index contributed by atoms with van der Waals surface area (Å²) < 4.78 is 27.7. The zero-order valence-electron chi connectivity index (χ0n) is 17.8. The second-order valence-corrected chi connectivity index (χ2v) is 9.79. The van der Waals surface area contributed by atoms with Gasteiger partial charge in [-0.25, -0.2) is 13.8 Å². The lowest BCUT2D eigenvalue weighted by molar-refractivity contribution is -0.121. The lowest BCUT2D eigenvalue weighted by Gasteiger charge is -2.21. The van der Waals surface area contributed by atoms with Crippen LogP contribution < -0.4 is 5.43 Å². The van der Waals surface area contributed by atoms with Crippen LogP contribution >= 0.6 is 11.6 Å². The van der Waals surface area contributed by atoms with E-state index in [2.05, 4.69) is 10.5 Å². The normalized spacial score (nSPS) is 11.8. The topological polar surface area (TPSA) is 78.8 Å². The fourth-order valence-electron chi connectivity index (χ4n) is 3.00. The molecule has 0 atom stereocenters. The Morgan fingerprint density at radius 3 is 2.34 bits per heavy atom. The summed E-state index contributed by atoms with van der Waals surface area (Å²) in [5.74, 6) is -0.543. The van der Waals surface area contributed by atoms with Gasteiger partial charge in [-0.05, 0) is 49.2 Å². The van der Waals surface area contributed by atoms with E-state index < -0.39 is 15.9 Å². The van der Waals surface area contributed by atoms with Gasteiger partial charge in [-0.2, -0.15) is 9.41 Å². The maximum Gasteiger partial charge on any atom is 0.255 e. The minimum Gasteiger partial charge on any atom is -0.272 e. The fourth-order valence-corrected chi connectivity index (χ4v) is 4.51. The highest BCUT2D eigenvalue weighted by Crippen LogP contribution is 2.20. The van der Waals surface area contributed by atoms with E-state index in [4.69, 9.17) is 11.6 Å². The van der Waals surface area contributed by atoms with Crippen LogP contribution in [0, 0.1) is 13.8 Å². The summed E-state index contributed by atoms with van der Waals surface area (Å²) in [5, 5.41) is 4.50. The molecule has 0 heterocycles. The van der Waals surface area contributed by atoms with Gasteiger partial charge in [-0.3, -0.25) is 4.79 Å². The summed E-state index contributed by atoms with van der Waals surface area (Å²) in [6.45, 7) is 3.47. The predicted molar refractivity (Wildman–Crippen MR) is 127 cm³/mol. The van der Waals surface area contributed by atoms with Gasteiger partial charge < -0.3 is 0 Å². The van der Waals surface area contributed by atoms with E-state index in [1.54, 1.807) is 36.4 Å². The van der Waals surface area contributed by atoms with Gasteiger partial charge in [0.1, 0.15) is 0 Å². The fraction of sp³-hybridized carbons (Fsp3) is 0.167. The van der Waals surface area contributed by atoms with Crippen molar-refractivity contribution in [2.75, 3.05) is 6.54 Å². The first-order valence-electron chi connectivity index (χ1n) is 9.94. The molecule has 0 bridgehead atoms. The molecule has 8 heteroatoms. The Balaban J connectivity index is 1.79. The van der Waals surface area contributed by atoms with Crippen molar-refractivity contribution in [1.29, 1.82) is 0 Å². The van der Waals surface area contributed by atoms with Crippen LogP contribution in [0.3, 0.4) is 0 Å². The van der Waals surface area contributed by atoms with Crippen LogP contribution in [-0.4, -0.2) is 31.4 Å². The molecule has 0 aromatic heterocycles. The Bertz CT molecular complexity index is 1210. The molecule has 0 aliphatic heterocycles. The van der Waals surface area contributed by atoms with Gasteiger partial charge in [-0.1, -0.05) is 71.3 Å². The minimum atomic E-state index is -3.92. The molecule has 0 aliphatic carbocycles.